The van der Waals surface area contributed by atoms with Crippen LogP contribution in [0.25, 0.3) is 0 Å². The minimum atomic E-state index is -0.418. The topological polar surface area (TPSA) is 54.9 Å². The van der Waals surface area contributed by atoms with Crippen LogP contribution in [-0.2, 0) is 4.79 Å². The van der Waals surface area contributed by atoms with Gasteiger partial charge >= 0.3 is 0 Å². The van der Waals surface area contributed by atoms with Gasteiger partial charge in [0.2, 0.25) is 5.91 Å². The molecule has 1 N–H and O–H groups in total. The Morgan fingerprint density at radius 1 is 1.46 bits per heavy atom. The Labute approximate surface area is 84.6 Å². The SMILES string of the molecule is C=CC(=O)Nc1c(Cl)ncnc1Cl. The summed E-state index contributed by atoms with van der Waals surface area (Å²) < 4.78 is 0. The molecule has 1 amide bonds. The van der Waals surface area contributed by atoms with Crippen LogP contribution in [0.4, 0.5) is 5.69 Å². The third-order valence-electron chi connectivity index (χ3n) is 1.19. The van der Waals surface area contributed by atoms with E-state index in [9.17, 15) is 4.79 Å². The molecule has 1 aromatic heterocycles. The summed E-state index contributed by atoms with van der Waals surface area (Å²) in [5.41, 5.74) is 0.190. The molecule has 0 saturated carbocycles. The number of carbonyl (C=O) groups is 1. The zero-order chi connectivity index (χ0) is 9.84. The third-order valence-corrected chi connectivity index (χ3v) is 1.76. The number of rotatable bonds is 2. The highest BCUT2D eigenvalue weighted by molar-refractivity contribution is 6.38. The average Bonchev–Trinajstić information content (AvgIpc) is 2.11. The van der Waals surface area contributed by atoms with Crippen LogP contribution in [0.2, 0.25) is 10.3 Å². The molecule has 0 aliphatic rings. The molecule has 0 saturated heterocycles. The monoisotopic (exact) mass is 217 g/mol. The standard InChI is InChI=1S/C7H5Cl2N3O/c1-2-4(13)12-5-6(8)10-3-11-7(5)9/h2-3H,1H2,(H,12,13). The molecule has 0 atom stereocenters. The molecule has 1 aromatic rings. The summed E-state index contributed by atoms with van der Waals surface area (Å²) in [6, 6.07) is 0. The number of nitrogens with one attached hydrogen (secondary N) is 1. The van der Waals surface area contributed by atoms with Gasteiger partial charge in [0.1, 0.15) is 12.0 Å². The fourth-order valence-corrected chi connectivity index (χ4v) is 1.03. The van der Waals surface area contributed by atoms with Crippen LogP contribution in [0.15, 0.2) is 19.0 Å². The maximum atomic E-state index is 10.9. The van der Waals surface area contributed by atoms with Gasteiger partial charge in [0, 0.05) is 0 Å². The zero-order valence-corrected chi connectivity index (χ0v) is 7.93. The van der Waals surface area contributed by atoms with E-state index in [1.807, 2.05) is 0 Å². The Bertz CT molecular complexity index is 333. The largest absolute Gasteiger partial charge is 0.317 e. The fourth-order valence-electron chi connectivity index (χ4n) is 0.622. The summed E-state index contributed by atoms with van der Waals surface area (Å²) in [5, 5.41) is 2.57. The Morgan fingerprint density at radius 2 is 2.00 bits per heavy atom. The molecule has 4 nitrogen and oxygen atoms in total. The van der Waals surface area contributed by atoms with Gasteiger partial charge in [-0.25, -0.2) is 9.97 Å². The maximum Gasteiger partial charge on any atom is 0.247 e. The van der Waals surface area contributed by atoms with Crippen molar-refractivity contribution in [2.24, 2.45) is 0 Å². The molecule has 0 bridgehead atoms. The number of anilines is 1. The van der Waals surface area contributed by atoms with Gasteiger partial charge in [-0.2, -0.15) is 0 Å². The van der Waals surface area contributed by atoms with Crippen LogP contribution in [0.1, 0.15) is 0 Å². The molecule has 0 spiro atoms. The molecule has 0 radical (unpaired) electrons. The Hall–Kier alpha value is -1.13. The van der Waals surface area contributed by atoms with Gasteiger partial charge in [-0.05, 0) is 6.08 Å². The van der Waals surface area contributed by atoms with E-state index in [0.29, 0.717) is 0 Å². The quantitative estimate of drug-likeness (QED) is 0.609. The van der Waals surface area contributed by atoms with E-state index < -0.39 is 5.91 Å². The van der Waals surface area contributed by atoms with E-state index in [4.69, 9.17) is 23.2 Å². The van der Waals surface area contributed by atoms with Crippen LogP contribution in [0, 0.1) is 0 Å². The van der Waals surface area contributed by atoms with Gasteiger partial charge in [0.05, 0.1) is 0 Å². The molecule has 6 heteroatoms. The molecular weight excluding hydrogens is 213 g/mol. The van der Waals surface area contributed by atoms with E-state index in [0.717, 1.165) is 6.08 Å². The number of carbonyl (C=O) groups excluding carboxylic acids is 1. The Balaban J connectivity index is 2.99. The van der Waals surface area contributed by atoms with Crippen LogP contribution >= 0.6 is 23.2 Å². The van der Waals surface area contributed by atoms with Crippen molar-refractivity contribution in [2.75, 3.05) is 5.32 Å². The summed E-state index contributed by atoms with van der Waals surface area (Å²) >= 11 is 11.3. The highest BCUT2D eigenvalue weighted by Gasteiger charge is 2.09. The minimum Gasteiger partial charge on any atom is -0.317 e. The molecule has 68 valence electrons. The van der Waals surface area contributed by atoms with Crippen LogP contribution in [0.3, 0.4) is 0 Å². The van der Waals surface area contributed by atoms with Crippen molar-refractivity contribution < 1.29 is 4.79 Å². The van der Waals surface area contributed by atoms with Crippen molar-refractivity contribution in [2.45, 2.75) is 0 Å². The molecule has 1 rings (SSSR count). The second-order valence-corrected chi connectivity index (χ2v) is 2.74. The number of amides is 1. The second-order valence-electron chi connectivity index (χ2n) is 2.02. The summed E-state index contributed by atoms with van der Waals surface area (Å²) in [4.78, 5) is 18.2. The average molecular weight is 218 g/mol. The van der Waals surface area contributed by atoms with Gasteiger partial charge < -0.3 is 5.32 Å². The lowest BCUT2D eigenvalue weighted by Gasteiger charge is -2.04. The summed E-state index contributed by atoms with van der Waals surface area (Å²) in [5.74, 6) is -0.418. The van der Waals surface area contributed by atoms with E-state index in [1.54, 1.807) is 0 Å². The van der Waals surface area contributed by atoms with Crippen molar-refractivity contribution in [1.82, 2.24) is 9.97 Å². The Kier molecular flexibility index (Phi) is 3.22. The lowest BCUT2D eigenvalue weighted by Crippen LogP contribution is -2.09. The van der Waals surface area contributed by atoms with Gasteiger partial charge in [-0.3, -0.25) is 4.79 Å². The number of halogens is 2. The summed E-state index contributed by atoms with van der Waals surface area (Å²) in [6.45, 7) is 3.28. The smallest absolute Gasteiger partial charge is 0.247 e. The van der Waals surface area contributed by atoms with Gasteiger partial charge in [0.15, 0.2) is 10.3 Å². The van der Waals surface area contributed by atoms with Gasteiger partial charge in [0.25, 0.3) is 0 Å². The number of nitrogens with zero attached hydrogens (tertiary/aromatic N) is 2. The predicted molar refractivity (Wildman–Crippen MR) is 50.9 cm³/mol. The maximum absolute atomic E-state index is 10.9. The van der Waals surface area contributed by atoms with Crippen molar-refractivity contribution in [1.29, 1.82) is 0 Å². The van der Waals surface area contributed by atoms with Crippen LogP contribution in [0.5, 0.6) is 0 Å². The molecule has 1 heterocycles. The van der Waals surface area contributed by atoms with Crippen molar-refractivity contribution >= 4 is 34.8 Å². The number of hydrogen-bond acceptors (Lipinski definition) is 3. The molecule has 0 aliphatic heterocycles. The first-order chi connectivity index (χ1) is 6.15. The fraction of sp³-hybridized carbons (Fsp3) is 0. The zero-order valence-electron chi connectivity index (χ0n) is 6.42. The van der Waals surface area contributed by atoms with Crippen LogP contribution in [-0.4, -0.2) is 15.9 Å². The lowest BCUT2D eigenvalue weighted by atomic mass is 10.5. The number of hydrogen-bond donors (Lipinski definition) is 1. The van der Waals surface area contributed by atoms with Crippen LogP contribution < -0.4 is 5.32 Å². The molecular formula is C7H5Cl2N3O. The summed E-state index contributed by atoms with van der Waals surface area (Å²) in [6.07, 6.45) is 2.30. The summed E-state index contributed by atoms with van der Waals surface area (Å²) in [7, 11) is 0. The van der Waals surface area contributed by atoms with E-state index in [-0.39, 0.29) is 16.0 Å². The third kappa shape index (κ3) is 2.40. The van der Waals surface area contributed by atoms with Crippen molar-refractivity contribution in [3.63, 3.8) is 0 Å². The number of aromatic nitrogens is 2. The highest BCUT2D eigenvalue weighted by atomic mass is 35.5. The first-order valence-corrected chi connectivity index (χ1v) is 4.00. The molecule has 0 aliphatic carbocycles. The predicted octanol–water partition coefficient (Wildman–Crippen LogP) is 1.91. The lowest BCUT2D eigenvalue weighted by molar-refractivity contribution is -0.111. The van der Waals surface area contributed by atoms with Crippen molar-refractivity contribution in [3.05, 3.63) is 29.3 Å². The van der Waals surface area contributed by atoms with Crippen molar-refractivity contribution in [3.8, 4) is 0 Å². The molecule has 0 aromatic carbocycles. The molecule has 13 heavy (non-hydrogen) atoms. The minimum absolute atomic E-state index is 0.0928. The van der Waals surface area contributed by atoms with E-state index in [1.165, 1.54) is 6.33 Å². The van der Waals surface area contributed by atoms with Gasteiger partial charge in [-0.1, -0.05) is 29.8 Å². The van der Waals surface area contributed by atoms with E-state index in [2.05, 4.69) is 21.9 Å². The molecule has 0 unspecified atom stereocenters. The highest BCUT2D eigenvalue weighted by Crippen LogP contribution is 2.25. The first-order valence-electron chi connectivity index (χ1n) is 3.24. The second kappa shape index (κ2) is 4.20. The normalized spacial score (nSPS) is 9.38. The Morgan fingerprint density at radius 3 is 2.46 bits per heavy atom. The first kappa shape index (κ1) is 9.95. The van der Waals surface area contributed by atoms with Gasteiger partial charge in [-0.15, -0.1) is 0 Å². The van der Waals surface area contributed by atoms with E-state index >= 15 is 0 Å². The molecule has 0 fully saturated rings.